The molecule has 0 unspecified atom stereocenters. The largest absolute Gasteiger partial charge is 0.490 e. The maximum Gasteiger partial charge on any atom is 0.270 e. The smallest absolute Gasteiger partial charge is 0.270 e. The Morgan fingerprint density at radius 2 is 2.14 bits per heavy atom. The van der Waals surface area contributed by atoms with Gasteiger partial charge in [0.15, 0.2) is 0 Å². The molecule has 0 saturated carbocycles. The Morgan fingerprint density at radius 1 is 1.43 bits per heavy atom. The third-order valence-electron chi connectivity index (χ3n) is 2.63. The third-order valence-corrected chi connectivity index (χ3v) is 3.52. The van der Waals surface area contributed by atoms with Crippen molar-refractivity contribution in [3.8, 4) is 16.3 Å². The zero-order valence-corrected chi connectivity index (χ0v) is 12.9. The van der Waals surface area contributed by atoms with Gasteiger partial charge in [-0.1, -0.05) is 12.7 Å². The van der Waals surface area contributed by atoms with Crippen LogP contribution in [0.5, 0.6) is 5.75 Å². The highest BCUT2D eigenvalue weighted by atomic mass is 32.1. The molecule has 110 valence electrons. The number of rotatable bonds is 6. The van der Waals surface area contributed by atoms with E-state index in [1.54, 1.807) is 11.5 Å². The second kappa shape index (κ2) is 7.04. The number of carbonyl (C=O) groups is 1. The van der Waals surface area contributed by atoms with Gasteiger partial charge in [0.25, 0.3) is 5.91 Å². The van der Waals surface area contributed by atoms with Crippen molar-refractivity contribution < 1.29 is 9.53 Å². The number of hydrogen-bond donors (Lipinski definition) is 1. The average Bonchev–Trinajstić information content (AvgIpc) is 2.95. The van der Waals surface area contributed by atoms with Gasteiger partial charge in [-0.15, -0.1) is 11.3 Å². The van der Waals surface area contributed by atoms with Gasteiger partial charge in [0.1, 0.15) is 23.1 Å². The highest BCUT2D eigenvalue weighted by Gasteiger charge is 2.12. The van der Waals surface area contributed by atoms with E-state index in [0.717, 1.165) is 16.3 Å². The van der Waals surface area contributed by atoms with Crippen LogP contribution in [0.3, 0.4) is 0 Å². The summed E-state index contributed by atoms with van der Waals surface area (Å²) in [4.78, 5) is 16.3. The topological polar surface area (TPSA) is 51.2 Å². The Balaban J connectivity index is 2.10. The third kappa shape index (κ3) is 4.16. The summed E-state index contributed by atoms with van der Waals surface area (Å²) < 4.78 is 5.43. The van der Waals surface area contributed by atoms with Crippen LogP contribution in [0, 0.1) is 0 Å². The van der Waals surface area contributed by atoms with E-state index in [9.17, 15) is 4.79 Å². The molecule has 1 amide bonds. The zero-order valence-electron chi connectivity index (χ0n) is 12.1. The van der Waals surface area contributed by atoms with Crippen molar-refractivity contribution in [3.05, 3.63) is 48.0 Å². The average molecular weight is 302 g/mol. The highest BCUT2D eigenvalue weighted by Crippen LogP contribution is 2.25. The molecule has 0 bridgehead atoms. The molecule has 0 saturated heterocycles. The van der Waals surface area contributed by atoms with Crippen LogP contribution in [0.15, 0.2) is 42.3 Å². The van der Waals surface area contributed by atoms with E-state index in [4.69, 9.17) is 4.74 Å². The van der Waals surface area contributed by atoms with E-state index in [-0.39, 0.29) is 11.9 Å². The number of hydrogen-bond acceptors (Lipinski definition) is 4. The molecule has 0 aliphatic carbocycles. The number of benzene rings is 1. The lowest BCUT2D eigenvalue weighted by molar-refractivity contribution is 0.0939. The van der Waals surface area contributed by atoms with Gasteiger partial charge >= 0.3 is 0 Å². The van der Waals surface area contributed by atoms with Crippen molar-refractivity contribution >= 4 is 17.2 Å². The van der Waals surface area contributed by atoms with Crippen LogP contribution in [0.4, 0.5) is 0 Å². The molecule has 1 aromatic carbocycles. The summed E-state index contributed by atoms with van der Waals surface area (Å²) >= 11 is 1.45. The number of ether oxygens (including phenoxy) is 1. The van der Waals surface area contributed by atoms with Crippen molar-refractivity contribution in [3.63, 3.8) is 0 Å². The fourth-order valence-corrected chi connectivity index (χ4v) is 2.50. The molecule has 0 spiro atoms. The Morgan fingerprint density at radius 3 is 2.76 bits per heavy atom. The second-order valence-electron chi connectivity index (χ2n) is 4.79. The zero-order chi connectivity index (χ0) is 15.2. The maximum atomic E-state index is 11.9. The summed E-state index contributed by atoms with van der Waals surface area (Å²) in [5, 5.41) is 5.42. The Kier molecular flexibility index (Phi) is 5.11. The monoisotopic (exact) mass is 302 g/mol. The first-order chi connectivity index (χ1) is 10.1. The minimum Gasteiger partial charge on any atom is -0.490 e. The fourth-order valence-electron chi connectivity index (χ4n) is 1.70. The first-order valence-corrected chi connectivity index (χ1v) is 7.58. The summed E-state index contributed by atoms with van der Waals surface area (Å²) in [6.45, 7) is 7.94. The lowest BCUT2D eigenvalue weighted by atomic mass is 10.2. The quantitative estimate of drug-likeness (QED) is 0.831. The van der Waals surface area contributed by atoms with Crippen LogP contribution < -0.4 is 10.1 Å². The number of nitrogens with zero attached hydrogens (tertiary/aromatic N) is 1. The van der Waals surface area contributed by atoms with Gasteiger partial charge in [-0.3, -0.25) is 4.79 Å². The molecule has 1 heterocycles. The molecule has 4 nitrogen and oxygen atoms in total. The Bertz CT molecular complexity index is 617. The van der Waals surface area contributed by atoms with Crippen molar-refractivity contribution in [2.45, 2.75) is 19.9 Å². The van der Waals surface area contributed by atoms with Gasteiger partial charge in [-0.25, -0.2) is 4.98 Å². The van der Waals surface area contributed by atoms with Crippen LogP contribution in [-0.4, -0.2) is 23.5 Å². The molecule has 0 atom stereocenters. The Hall–Kier alpha value is -2.14. The van der Waals surface area contributed by atoms with E-state index in [2.05, 4.69) is 16.9 Å². The number of aromatic nitrogens is 1. The van der Waals surface area contributed by atoms with Crippen molar-refractivity contribution in [2.75, 3.05) is 6.61 Å². The lowest BCUT2D eigenvalue weighted by Crippen LogP contribution is -2.30. The molecule has 2 aromatic rings. The van der Waals surface area contributed by atoms with Crippen molar-refractivity contribution in [2.24, 2.45) is 0 Å². The molecular formula is C16H18N2O2S. The molecule has 0 aliphatic heterocycles. The number of carbonyl (C=O) groups excluding carboxylic acids is 1. The summed E-state index contributed by atoms with van der Waals surface area (Å²) in [7, 11) is 0. The predicted molar refractivity (Wildman–Crippen MR) is 85.8 cm³/mol. The molecule has 2 rings (SSSR count). The van der Waals surface area contributed by atoms with E-state index in [0.29, 0.717) is 12.3 Å². The molecule has 5 heteroatoms. The molecule has 0 radical (unpaired) electrons. The van der Waals surface area contributed by atoms with Crippen LogP contribution in [-0.2, 0) is 0 Å². The van der Waals surface area contributed by atoms with Gasteiger partial charge in [0.2, 0.25) is 0 Å². The number of thiazole rings is 1. The first-order valence-electron chi connectivity index (χ1n) is 6.70. The lowest BCUT2D eigenvalue weighted by Gasteiger charge is -2.05. The summed E-state index contributed by atoms with van der Waals surface area (Å²) in [6.07, 6.45) is 1.70. The van der Waals surface area contributed by atoms with Gasteiger partial charge in [0.05, 0.1) is 0 Å². The first kappa shape index (κ1) is 15.3. The summed E-state index contributed by atoms with van der Waals surface area (Å²) in [6, 6.07) is 7.73. The normalized spacial score (nSPS) is 10.4. The fraction of sp³-hybridized carbons (Fsp3) is 0.250. The maximum absolute atomic E-state index is 11.9. The number of amides is 1. The summed E-state index contributed by atoms with van der Waals surface area (Å²) in [5.74, 6) is 0.645. The van der Waals surface area contributed by atoms with E-state index in [1.165, 1.54) is 11.3 Å². The highest BCUT2D eigenvalue weighted by molar-refractivity contribution is 7.13. The van der Waals surface area contributed by atoms with E-state index >= 15 is 0 Å². The summed E-state index contributed by atoms with van der Waals surface area (Å²) in [5.41, 5.74) is 1.42. The van der Waals surface area contributed by atoms with Crippen LogP contribution in [0.1, 0.15) is 24.3 Å². The van der Waals surface area contributed by atoms with Gasteiger partial charge < -0.3 is 10.1 Å². The molecule has 1 aromatic heterocycles. The second-order valence-corrected chi connectivity index (χ2v) is 5.65. The van der Waals surface area contributed by atoms with Crippen LogP contribution in [0.2, 0.25) is 0 Å². The molecule has 0 aliphatic rings. The molecular weight excluding hydrogens is 284 g/mol. The van der Waals surface area contributed by atoms with E-state index in [1.807, 2.05) is 38.1 Å². The van der Waals surface area contributed by atoms with Crippen LogP contribution in [0.25, 0.3) is 10.6 Å². The SMILES string of the molecule is C=CCOc1ccc(-c2nc(C(=O)NC(C)C)cs2)cc1. The standard InChI is InChI=1S/C16H18N2O2S/c1-4-9-20-13-7-5-12(6-8-13)16-18-14(10-21-16)15(19)17-11(2)3/h4-8,10-11H,1,9H2,2-3H3,(H,17,19). The minimum atomic E-state index is -0.140. The van der Waals surface area contributed by atoms with Gasteiger partial charge in [-0.05, 0) is 38.1 Å². The molecule has 1 N–H and O–H groups in total. The van der Waals surface area contributed by atoms with Gasteiger partial charge in [0, 0.05) is 17.0 Å². The van der Waals surface area contributed by atoms with Gasteiger partial charge in [-0.2, -0.15) is 0 Å². The van der Waals surface area contributed by atoms with Crippen molar-refractivity contribution in [1.82, 2.24) is 10.3 Å². The van der Waals surface area contributed by atoms with Crippen LogP contribution >= 0.6 is 11.3 Å². The minimum absolute atomic E-state index is 0.101. The van der Waals surface area contributed by atoms with E-state index < -0.39 is 0 Å². The molecule has 21 heavy (non-hydrogen) atoms. The van der Waals surface area contributed by atoms with Crippen molar-refractivity contribution in [1.29, 1.82) is 0 Å². The predicted octanol–water partition coefficient (Wildman–Crippen LogP) is 3.51. The Labute approximate surface area is 128 Å². The number of nitrogens with one attached hydrogen (secondary N) is 1. The molecule has 0 fully saturated rings.